The molecule has 3 rings (SSSR count). The molecule has 128 valence electrons. The van der Waals surface area contributed by atoms with Crippen molar-refractivity contribution in [3.63, 3.8) is 0 Å². The van der Waals surface area contributed by atoms with E-state index in [0.29, 0.717) is 17.9 Å². The van der Waals surface area contributed by atoms with Crippen molar-refractivity contribution in [2.75, 3.05) is 13.2 Å². The van der Waals surface area contributed by atoms with Crippen LogP contribution in [0.25, 0.3) is 0 Å². The predicted molar refractivity (Wildman–Crippen MR) is 93.2 cm³/mol. The summed E-state index contributed by atoms with van der Waals surface area (Å²) < 4.78 is 5.48. The fourth-order valence-corrected chi connectivity index (χ4v) is 2.95. The van der Waals surface area contributed by atoms with E-state index in [-0.39, 0.29) is 24.2 Å². The minimum Gasteiger partial charge on any atom is -0.486 e. The Morgan fingerprint density at radius 2 is 1.92 bits per heavy atom. The quantitative estimate of drug-likeness (QED) is 0.741. The lowest BCUT2D eigenvalue weighted by atomic mass is 9.97. The summed E-state index contributed by atoms with van der Waals surface area (Å²) in [5.74, 6) is 0.961. The molecule has 4 nitrogen and oxygen atoms in total. The summed E-state index contributed by atoms with van der Waals surface area (Å²) in [6.07, 6.45) is 10.1. The first-order valence-corrected chi connectivity index (χ1v) is 8.94. The number of ketones is 1. The summed E-state index contributed by atoms with van der Waals surface area (Å²) in [4.78, 5) is 23.7. The van der Waals surface area contributed by atoms with Crippen LogP contribution in [0.15, 0.2) is 35.9 Å². The molecule has 0 atom stereocenters. The Labute approximate surface area is 143 Å². The third-order valence-electron chi connectivity index (χ3n) is 4.65. The van der Waals surface area contributed by atoms with Crippen molar-refractivity contribution in [3.8, 4) is 5.75 Å². The third-order valence-corrected chi connectivity index (χ3v) is 4.65. The Kier molecular flexibility index (Phi) is 5.68. The molecule has 0 heterocycles. The second-order valence-corrected chi connectivity index (χ2v) is 6.67. The van der Waals surface area contributed by atoms with Crippen molar-refractivity contribution in [1.82, 2.24) is 5.32 Å². The van der Waals surface area contributed by atoms with Crippen LogP contribution in [0.3, 0.4) is 0 Å². The maximum atomic E-state index is 12.1. The first-order valence-electron chi connectivity index (χ1n) is 8.94. The average molecular weight is 327 g/mol. The van der Waals surface area contributed by atoms with E-state index in [0.717, 1.165) is 19.3 Å². The highest BCUT2D eigenvalue weighted by molar-refractivity contribution is 5.94. The highest BCUT2D eigenvalue weighted by Crippen LogP contribution is 2.29. The highest BCUT2D eigenvalue weighted by atomic mass is 16.5. The maximum absolute atomic E-state index is 12.1. The zero-order chi connectivity index (χ0) is 16.8. The van der Waals surface area contributed by atoms with Crippen LogP contribution in [0.1, 0.15) is 55.3 Å². The molecule has 2 aliphatic carbocycles. The van der Waals surface area contributed by atoms with Crippen LogP contribution >= 0.6 is 0 Å². The van der Waals surface area contributed by atoms with Crippen LogP contribution in [0.5, 0.6) is 5.75 Å². The van der Waals surface area contributed by atoms with Gasteiger partial charge in [0.05, 0.1) is 0 Å². The molecule has 0 radical (unpaired) electrons. The van der Waals surface area contributed by atoms with E-state index in [1.54, 1.807) is 24.3 Å². The number of nitrogens with one attached hydrogen (secondary N) is 1. The summed E-state index contributed by atoms with van der Waals surface area (Å²) in [5.41, 5.74) is 2.08. The number of rotatable bonds is 8. The van der Waals surface area contributed by atoms with Crippen LogP contribution in [-0.2, 0) is 4.79 Å². The molecule has 0 saturated heterocycles. The van der Waals surface area contributed by atoms with Gasteiger partial charge in [0.1, 0.15) is 12.4 Å². The Morgan fingerprint density at radius 3 is 2.58 bits per heavy atom. The molecule has 1 amide bonds. The molecule has 1 saturated carbocycles. The number of Topliss-reactive ketones (excluding diaryl/α,β-unsaturated/α-hetero) is 1. The lowest BCUT2D eigenvalue weighted by Crippen LogP contribution is -2.24. The molecule has 1 fully saturated rings. The molecule has 1 aromatic rings. The maximum Gasteiger partial charge on any atom is 0.251 e. The van der Waals surface area contributed by atoms with Crippen LogP contribution in [0.4, 0.5) is 0 Å². The Morgan fingerprint density at radius 1 is 1.12 bits per heavy atom. The van der Waals surface area contributed by atoms with E-state index in [4.69, 9.17) is 4.74 Å². The van der Waals surface area contributed by atoms with E-state index in [1.807, 2.05) is 0 Å². The van der Waals surface area contributed by atoms with E-state index in [9.17, 15) is 9.59 Å². The fraction of sp³-hybridized carbons (Fsp3) is 0.500. The first-order chi connectivity index (χ1) is 11.7. The van der Waals surface area contributed by atoms with Gasteiger partial charge < -0.3 is 10.1 Å². The normalized spacial score (nSPS) is 17.1. The third kappa shape index (κ3) is 4.95. The molecule has 0 bridgehead atoms. The van der Waals surface area contributed by atoms with Crippen LogP contribution in [-0.4, -0.2) is 24.8 Å². The monoisotopic (exact) mass is 327 g/mol. The van der Waals surface area contributed by atoms with Crippen LogP contribution < -0.4 is 10.1 Å². The second kappa shape index (κ2) is 8.13. The van der Waals surface area contributed by atoms with E-state index < -0.39 is 0 Å². The summed E-state index contributed by atoms with van der Waals surface area (Å²) >= 11 is 0. The van der Waals surface area contributed by atoms with Gasteiger partial charge in [0.15, 0.2) is 5.78 Å². The zero-order valence-electron chi connectivity index (χ0n) is 14.1. The Bertz CT molecular complexity index is 614. The van der Waals surface area contributed by atoms with Gasteiger partial charge >= 0.3 is 0 Å². The first kappa shape index (κ1) is 16.7. The van der Waals surface area contributed by atoms with Gasteiger partial charge in [-0.25, -0.2) is 0 Å². The van der Waals surface area contributed by atoms with E-state index in [2.05, 4.69) is 11.4 Å². The van der Waals surface area contributed by atoms with Crippen molar-refractivity contribution in [1.29, 1.82) is 0 Å². The van der Waals surface area contributed by atoms with Gasteiger partial charge in [-0.15, -0.1) is 0 Å². The number of carbonyl (C=O) groups is 2. The highest BCUT2D eigenvalue weighted by Gasteiger charge is 2.29. The number of carbonyl (C=O) groups excluding carboxylic acids is 2. The summed E-state index contributed by atoms with van der Waals surface area (Å²) in [7, 11) is 0. The van der Waals surface area contributed by atoms with Gasteiger partial charge in [-0.05, 0) is 69.2 Å². The molecular weight excluding hydrogens is 302 g/mol. The molecule has 2 aliphatic rings. The lowest BCUT2D eigenvalue weighted by Gasteiger charge is -2.13. The standard InChI is InChI=1S/C20H25NO3/c22-19(16-6-7-16)14-24-18-10-8-17(9-11-18)20(23)21-13-12-15-4-2-1-3-5-15/h4,8-11,16H,1-3,5-7,12-14H2,(H,21,23). The minimum absolute atomic E-state index is 0.0629. The molecule has 1 N–H and O–H groups in total. The van der Waals surface area contributed by atoms with Gasteiger partial charge in [-0.1, -0.05) is 11.6 Å². The number of allylic oxidation sites excluding steroid dienone is 1. The number of amides is 1. The topological polar surface area (TPSA) is 55.4 Å². The number of benzene rings is 1. The van der Waals surface area contributed by atoms with Gasteiger partial charge in [0, 0.05) is 18.0 Å². The molecule has 0 unspecified atom stereocenters. The van der Waals surface area contributed by atoms with E-state index in [1.165, 1.54) is 31.3 Å². The summed E-state index contributed by atoms with van der Waals surface area (Å²) in [5, 5.41) is 2.96. The van der Waals surface area contributed by atoms with Gasteiger partial charge in [0.2, 0.25) is 0 Å². The number of hydrogen-bond donors (Lipinski definition) is 1. The largest absolute Gasteiger partial charge is 0.486 e. The Balaban J connectivity index is 1.41. The molecule has 4 heteroatoms. The number of hydrogen-bond acceptors (Lipinski definition) is 3. The Hall–Kier alpha value is -2.10. The van der Waals surface area contributed by atoms with Crippen molar-refractivity contribution in [3.05, 3.63) is 41.5 Å². The van der Waals surface area contributed by atoms with Gasteiger partial charge in [0.25, 0.3) is 5.91 Å². The van der Waals surface area contributed by atoms with Crippen molar-refractivity contribution in [2.24, 2.45) is 5.92 Å². The lowest BCUT2D eigenvalue weighted by molar-refractivity contribution is -0.122. The van der Waals surface area contributed by atoms with Crippen molar-refractivity contribution in [2.45, 2.75) is 44.9 Å². The van der Waals surface area contributed by atoms with Crippen LogP contribution in [0, 0.1) is 5.92 Å². The second-order valence-electron chi connectivity index (χ2n) is 6.67. The van der Waals surface area contributed by atoms with Gasteiger partial charge in [-0.2, -0.15) is 0 Å². The van der Waals surface area contributed by atoms with Crippen molar-refractivity contribution >= 4 is 11.7 Å². The summed E-state index contributed by atoms with van der Waals surface area (Å²) in [6.45, 7) is 0.810. The fourth-order valence-electron chi connectivity index (χ4n) is 2.95. The smallest absolute Gasteiger partial charge is 0.251 e. The SMILES string of the molecule is O=C(NCCC1=CCCCC1)c1ccc(OCC(=O)C2CC2)cc1. The predicted octanol–water partition coefficient (Wildman–Crippen LogP) is 3.66. The molecular formula is C20H25NO3. The van der Waals surface area contributed by atoms with E-state index >= 15 is 0 Å². The van der Waals surface area contributed by atoms with Gasteiger partial charge in [-0.3, -0.25) is 9.59 Å². The minimum atomic E-state index is -0.0629. The molecule has 0 aliphatic heterocycles. The summed E-state index contributed by atoms with van der Waals surface area (Å²) in [6, 6.07) is 6.98. The molecule has 24 heavy (non-hydrogen) atoms. The molecule has 1 aromatic carbocycles. The van der Waals surface area contributed by atoms with Crippen LogP contribution in [0.2, 0.25) is 0 Å². The molecule has 0 spiro atoms. The zero-order valence-corrected chi connectivity index (χ0v) is 14.1. The number of ether oxygens (including phenoxy) is 1. The molecule has 0 aromatic heterocycles. The average Bonchev–Trinajstić information content (AvgIpc) is 3.46. The van der Waals surface area contributed by atoms with Crippen molar-refractivity contribution < 1.29 is 14.3 Å².